The van der Waals surface area contributed by atoms with Crippen LogP contribution < -0.4 is 10.6 Å². The number of ether oxygens (including phenoxy) is 2. The quantitative estimate of drug-likeness (QED) is 0.320. The van der Waals surface area contributed by atoms with Crippen LogP contribution in [0, 0.1) is 19.8 Å². The average Bonchev–Trinajstić information content (AvgIpc) is 2.77. The summed E-state index contributed by atoms with van der Waals surface area (Å²) in [6.07, 6.45) is 0.819. The zero-order valence-electron chi connectivity index (χ0n) is 23.5. The van der Waals surface area contributed by atoms with Crippen molar-refractivity contribution in [3.05, 3.63) is 47.5 Å². The molecule has 0 bridgehead atoms. The van der Waals surface area contributed by atoms with Gasteiger partial charge in [-0.3, -0.25) is 14.4 Å². The molecule has 1 aromatic rings. The van der Waals surface area contributed by atoms with Crippen LogP contribution in [0.1, 0.15) is 70.7 Å². The highest BCUT2D eigenvalue weighted by atomic mass is 16.6. The molecule has 1 rings (SSSR count). The van der Waals surface area contributed by atoms with E-state index in [1.165, 1.54) is 11.0 Å². The Balaban J connectivity index is 3.43. The fraction of sp³-hybridized carbons (Fsp3) is 0.571. The minimum Gasteiger partial charge on any atom is -0.466 e. The van der Waals surface area contributed by atoms with E-state index in [0.717, 1.165) is 11.1 Å². The lowest BCUT2D eigenvalue weighted by Gasteiger charge is -2.36. The Morgan fingerprint density at radius 3 is 2.19 bits per heavy atom. The first kappa shape index (κ1) is 31.7. The van der Waals surface area contributed by atoms with Gasteiger partial charge in [0, 0.05) is 13.1 Å². The molecule has 0 spiro atoms. The second-order valence-electron chi connectivity index (χ2n) is 10.2. The molecule has 9 nitrogen and oxygen atoms in total. The van der Waals surface area contributed by atoms with Gasteiger partial charge in [-0.15, -0.1) is 6.58 Å². The zero-order chi connectivity index (χ0) is 28.3. The van der Waals surface area contributed by atoms with Gasteiger partial charge in [-0.25, -0.2) is 4.79 Å². The molecule has 206 valence electrons. The van der Waals surface area contributed by atoms with Gasteiger partial charge >= 0.3 is 12.1 Å². The molecule has 2 atom stereocenters. The largest absolute Gasteiger partial charge is 0.466 e. The number of hydrogen-bond acceptors (Lipinski definition) is 6. The van der Waals surface area contributed by atoms with Gasteiger partial charge in [0.2, 0.25) is 11.8 Å². The van der Waals surface area contributed by atoms with Crippen LogP contribution in [0.15, 0.2) is 30.9 Å². The number of rotatable bonds is 12. The van der Waals surface area contributed by atoms with E-state index in [1.54, 1.807) is 41.5 Å². The Hall–Kier alpha value is -3.36. The summed E-state index contributed by atoms with van der Waals surface area (Å²) in [5.74, 6) is -1.62. The van der Waals surface area contributed by atoms with Gasteiger partial charge in [0.05, 0.1) is 13.0 Å². The number of nitrogens with one attached hydrogen (secondary N) is 2. The highest BCUT2D eigenvalue weighted by molar-refractivity contribution is 5.93. The average molecular weight is 518 g/mol. The topological polar surface area (TPSA) is 114 Å². The van der Waals surface area contributed by atoms with E-state index in [2.05, 4.69) is 17.2 Å². The molecule has 2 unspecified atom stereocenters. The fourth-order valence-electron chi connectivity index (χ4n) is 3.89. The number of hydrogen-bond donors (Lipinski definition) is 2. The van der Waals surface area contributed by atoms with Gasteiger partial charge in [-0.1, -0.05) is 38.1 Å². The summed E-state index contributed by atoms with van der Waals surface area (Å²) < 4.78 is 10.3. The maximum Gasteiger partial charge on any atom is 0.408 e. The maximum atomic E-state index is 13.9. The summed E-state index contributed by atoms with van der Waals surface area (Å²) >= 11 is 0. The van der Waals surface area contributed by atoms with E-state index in [4.69, 9.17) is 9.47 Å². The highest BCUT2D eigenvalue weighted by Crippen LogP contribution is 2.29. The minimum absolute atomic E-state index is 0.00325. The molecular weight excluding hydrogens is 474 g/mol. The molecule has 0 aliphatic rings. The molecule has 9 heteroatoms. The van der Waals surface area contributed by atoms with Crippen LogP contribution in [0.2, 0.25) is 0 Å². The number of alkyl carbamates (subject to hydrolysis) is 1. The van der Waals surface area contributed by atoms with Gasteiger partial charge in [0.1, 0.15) is 17.7 Å². The molecule has 0 radical (unpaired) electrons. The zero-order valence-corrected chi connectivity index (χ0v) is 23.5. The van der Waals surface area contributed by atoms with Crippen molar-refractivity contribution in [2.24, 2.45) is 5.92 Å². The third-order valence-electron chi connectivity index (χ3n) is 5.52. The molecule has 2 N–H and O–H groups in total. The van der Waals surface area contributed by atoms with Crippen LogP contribution in [0.25, 0.3) is 0 Å². The van der Waals surface area contributed by atoms with Crippen molar-refractivity contribution in [1.82, 2.24) is 15.5 Å². The fourth-order valence-corrected chi connectivity index (χ4v) is 3.89. The molecule has 0 saturated carbocycles. The predicted octanol–water partition coefficient (Wildman–Crippen LogP) is 3.98. The van der Waals surface area contributed by atoms with Crippen molar-refractivity contribution in [1.29, 1.82) is 0 Å². The second-order valence-corrected chi connectivity index (χ2v) is 10.2. The lowest BCUT2D eigenvalue weighted by molar-refractivity contribution is -0.144. The first-order chi connectivity index (χ1) is 17.2. The normalized spacial score (nSPS) is 12.8. The van der Waals surface area contributed by atoms with Crippen molar-refractivity contribution in [2.75, 3.05) is 19.7 Å². The van der Waals surface area contributed by atoms with E-state index in [0.29, 0.717) is 5.56 Å². The van der Waals surface area contributed by atoms with Gasteiger partial charge in [-0.05, 0) is 64.2 Å². The molecule has 0 aliphatic heterocycles. The van der Waals surface area contributed by atoms with E-state index < -0.39 is 41.6 Å². The molecule has 0 saturated heterocycles. The summed E-state index contributed by atoms with van der Waals surface area (Å²) in [4.78, 5) is 53.3. The molecule has 0 aromatic heterocycles. The molecule has 37 heavy (non-hydrogen) atoms. The first-order valence-corrected chi connectivity index (χ1v) is 12.6. The summed E-state index contributed by atoms with van der Waals surface area (Å²) in [6.45, 7) is 18.4. The molecule has 0 fully saturated rings. The predicted molar refractivity (Wildman–Crippen MR) is 143 cm³/mol. The van der Waals surface area contributed by atoms with E-state index >= 15 is 0 Å². The standard InChI is InChI=1S/C28H43N3O6/c1-10-17-31(26(34)23(18(3)4)30-27(35)37-28(7,8)9)24(22-19(5)13-12-14-20(22)6)25(33)29-16-15-21(32)36-11-2/h10,12-14,18,23-24H,1,11,15-17H2,2-9H3,(H,29,33)(H,30,35). The minimum atomic E-state index is -1.02. The van der Waals surface area contributed by atoms with Crippen LogP contribution in [-0.2, 0) is 23.9 Å². The summed E-state index contributed by atoms with van der Waals surface area (Å²) in [6, 6.07) is 3.65. The summed E-state index contributed by atoms with van der Waals surface area (Å²) in [5, 5.41) is 5.46. The smallest absolute Gasteiger partial charge is 0.408 e. The summed E-state index contributed by atoms with van der Waals surface area (Å²) in [5.41, 5.74) is 1.59. The van der Waals surface area contributed by atoms with Crippen LogP contribution in [-0.4, -0.2) is 60.1 Å². The van der Waals surface area contributed by atoms with Crippen LogP contribution in [0.3, 0.4) is 0 Å². The number of nitrogens with zero attached hydrogens (tertiary/aromatic N) is 1. The lowest BCUT2D eigenvalue weighted by atomic mass is 9.92. The Kier molecular flexibility index (Phi) is 12.3. The van der Waals surface area contributed by atoms with Gasteiger partial charge in [0.25, 0.3) is 0 Å². The molecule has 3 amide bonds. The van der Waals surface area contributed by atoms with Crippen LogP contribution in [0.5, 0.6) is 0 Å². The van der Waals surface area contributed by atoms with Gasteiger partial charge < -0.3 is 25.0 Å². The number of esters is 1. The Morgan fingerprint density at radius 2 is 1.70 bits per heavy atom. The van der Waals surface area contributed by atoms with E-state index in [-0.39, 0.29) is 32.0 Å². The summed E-state index contributed by atoms with van der Waals surface area (Å²) in [7, 11) is 0. The third kappa shape index (κ3) is 9.90. The third-order valence-corrected chi connectivity index (χ3v) is 5.52. The maximum absolute atomic E-state index is 13.9. The number of aryl methyl sites for hydroxylation is 2. The van der Waals surface area contributed by atoms with Crippen LogP contribution >= 0.6 is 0 Å². The highest BCUT2D eigenvalue weighted by Gasteiger charge is 2.38. The second kappa shape index (κ2) is 14.4. The Labute approximate surface area is 221 Å². The number of carbonyl (C=O) groups is 4. The molecule has 0 heterocycles. The van der Waals surface area contributed by atoms with Crippen molar-refractivity contribution in [2.45, 2.75) is 79.5 Å². The first-order valence-electron chi connectivity index (χ1n) is 12.6. The van der Waals surface area contributed by atoms with E-state index in [1.807, 2.05) is 32.0 Å². The van der Waals surface area contributed by atoms with Crippen molar-refractivity contribution in [3.63, 3.8) is 0 Å². The SMILES string of the molecule is C=CCN(C(=O)C(NC(=O)OC(C)(C)C)C(C)C)C(C(=O)NCCC(=O)OCC)c1c(C)cccc1C. The van der Waals surface area contributed by atoms with Crippen molar-refractivity contribution < 1.29 is 28.7 Å². The van der Waals surface area contributed by atoms with Crippen molar-refractivity contribution >= 4 is 23.9 Å². The van der Waals surface area contributed by atoms with E-state index in [9.17, 15) is 19.2 Å². The molecular formula is C28H43N3O6. The monoisotopic (exact) mass is 517 g/mol. The Bertz CT molecular complexity index is 947. The number of amides is 3. The lowest BCUT2D eigenvalue weighted by Crippen LogP contribution is -2.55. The molecule has 0 aliphatic carbocycles. The van der Waals surface area contributed by atoms with Crippen LogP contribution in [0.4, 0.5) is 4.79 Å². The number of carbonyl (C=O) groups excluding carboxylic acids is 4. The van der Waals surface area contributed by atoms with Crippen molar-refractivity contribution in [3.8, 4) is 0 Å². The van der Waals surface area contributed by atoms with Gasteiger partial charge in [-0.2, -0.15) is 0 Å². The Morgan fingerprint density at radius 1 is 1.11 bits per heavy atom. The molecule has 1 aromatic carbocycles. The van der Waals surface area contributed by atoms with Gasteiger partial charge in [0.15, 0.2) is 0 Å². The number of benzene rings is 1.